The molecule has 0 atom stereocenters. The molecular weight excluding hydrogens is 242 g/mol. The molecule has 0 amide bonds. The molecule has 1 heterocycles. The van der Waals surface area contributed by atoms with Gasteiger partial charge in [0.2, 0.25) is 0 Å². The number of fused-ring (bicyclic) bond motifs is 2. The number of unbranched alkanes of at least 4 members (excludes halogenated alkanes) is 1. The first-order valence-electron chi connectivity index (χ1n) is 7.63. The lowest BCUT2D eigenvalue weighted by Gasteiger charge is -2.36. The van der Waals surface area contributed by atoms with Crippen molar-refractivity contribution in [2.45, 2.75) is 45.4 Å². The van der Waals surface area contributed by atoms with Gasteiger partial charge in [-0.1, -0.05) is 57.5 Å². The van der Waals surface area contributed by atoms with Crippen LogP contribution in [0, 0.1) is 0 Å². The van der Waals surface area contributed by atoms with Crippen LogP contribution in [0.2, 0.25) is 0 Å². The summed E-state index contributed by atoms with van der Waals surface area (Å²) in [4.78, 5) is 0. The molecule has 1 heteroatoms. The fourth-order valence-corrected chi connectivity index (χ4v) is 3.18. The fraction of sp³-hybridized carbons (Fsp3) is 0.368. The molecule has 104 valence electrons. The van der Waals surface area contributed by atoms with Crippen molar-refractivity contribution in [1.82, 2.24) is 0 Å². The van der Waals surface area contributed by atoms with E-state index in [1.807, 2.05) is 0 Å². The topological polar surface area (TPSA) is 12.0 Å². The van der Waals surface area contributed by atoms with Gasteiger partial charge in [-0.2, -0.15) is 0 Å². The molecule has 0 saturated heterocycles. The smallest absolute Gasteiger partial charge is 0.0426 e. The van der Waals surface area contributed by atoms with Crippen LogP contribution in [-0.4, -0.2) is 0 Å². The number of aryl methyl sites for hydroxylation is 1. The zero-order chi connectivity index (χ0) is 14.2. The van der Waals surface area contributed by atoms with E-state index in [1.54, 1.807) is 0 Å². The molecule has 0 spiro atoms. The molecule has 1 aliphatic rings. The Hall–Kier alpha value is -1.76. The summed E-state index contributed by atoms with van der Waals surface area (Å²) in [6, 6.07) is 15.6. The Kier molecular flexibility index (Phi) is 3.29. The van der Waals surface area contributed by atoms with Gasteiger partial charge in [-0.15, -0.1) is 0 Å². The van der Waals surface area contributed by atoms with Crippen LogP contribution in [0.15, 0.2) is 42.5 Å². The second-order valence-corrected chi connectivity index (χ2v) is 6.28. The second kappa shape index (κ2) is 4.97. The van der Waals surface area contributed by atoms with E-state index in [0.29, 0.717) is 0 Å². The number of rotatable bonds is 3. The molecule has 20 heavy (non-hydrogen) atoms. The molecule has 1 N–H and O–H groups in total. The van der Waals surface area contributed by atoms with Crippen molar-refractivity contribution < 1.29 is 0 Å². The van der Waals surface area contributed by atoms with Crippen molar-refractivity contribution in [3.8, 4) is 0 Å². The minimum atomic E-state index is 0.0689. The molecule has 0 fully saturated rings. The third-order valence-corrected chi connectivity index (χ3v) is 4.45. The first-order valence-corrected chi connectivity index (χ1v) is 7.63. The zero-order valence-electron chi connectivity index (χ0n) is 12.7. The van der Waals surface area contributed by atoms with Crippen LogP contribution in [0.1, 0.15) is 50.3 Å². The molecular formula is C19H23N. The van der Waals surface area contributed by atoms with E-state index >= 15 is 0 Å². The van der Waals surface area contributed by atoms with E-state index in [4.69, 9.17) is 0 Å². The Balaban J connectivity index is 2.05. The normalized spacial score (nSPS) is 15.2. The third-order valence-electron chi connectivity index (χ3n) is 4.45. The third kappa shape index (κ3) is 2.11. The summed E-state index contributed by atoms with van der Waals surface area (Å²) in [5.41, 5.74) is 6.84. The number of benzene rings is 2. The molecule has 1 nitrogen and oxygen atoms in total. The lowest BCUT2D eigenvalue weighted by molar-refractivity contribution is 0.636. The van der Waals surface area contributed by atoms with E-state index < -0.39 is 0 Å². The van der Waals surface area contributed by atoms with Crippen molar-refractivity contribution in [2.24, 2.45) is 0 Å². The van der Waals surface area contributed by atoms with E-state index in [0.717, 1.165) is 0 Å². The van der Waals surface area contributed by atoms with E-state index in [9.17, 15) is 0 Å². The Morgan fingerprint density at radius 3 is 2.50 bits per heavy atom. The van der Waals surface area contributed by atoms with Crippen molar-refractivity contribution in [3.05, 3.63) is 59.2 Å². The average molecular weight is 265 g/mol. The largest absolute Gasteiger partial charge is 0.355 e. The monoisotopic (exact) mass is 265 g/mol. The van der Waals surface area contributed by atoms with Crippen molar-refractivity contribution in [1.29, 1.82) is 0 Å². The van der Waals surface area contributed by atoms with Gasteiger partial charge in [-0.25, -0.2) is 0 Å². The number of anilines is 2. The first kappa shape index (κ1) is 13.2. The summed E-state index contributed by atoms with van der Waals surface area (Å²) >= 11 is 0. The van der Waals surface area contributed by atoms with Crippen molar-refractivity contribution >= 4 is 11.4 Å². The maximum atomic E-state index is 3.58. The predicted octanol–water partition coefficient (Wildman–Crippen LogP) is 5.41. The Morgan fingerprint density at radius 1 is 0.950 bits per heavy atom. The summed E-state index contributed by atoms with van der Waals surface area (Å²) in [7, 11) is 0. The molecule has 0 saturated carbocycles. The van der Waals surface area contributed by atoms with Crippen molar-refractivity contribution in [3.63, 3.8) is 0 Å². The van der Waals surface area contributed by atoms with Gasteiger partial charge in [-0.3, -0.25) is 0 Å². The molecule has 0 radical (unpaired) electrons. The summed E-state index contributed by atoms with van der Waals surface area (Å²) in [6.07, 6.45) is 3.70. The second-order valence-electron chi connectivity index (χ2n) is 6.28. The minimum absolute atomic E-state index is 0.0689. The maximum Gasteiger partial charge on any atom is 0.0426 e. The molecule has 0 aliphatic carbocycles. The standard InChI is InChI=1S/C19H23N/c1-4-5-8-14-11-12-18-16(13-14)19(2,3)15-9-6-7-10-17(15)20-18/h6-7,9-13,20H,4-5,8H2,1-3H3. The first-order chi connectivity index (χ1) is 9.63. The lowest BCUT2D eigenvalue weighted by Crippen LogP contribution is -2.26. The van der Waals surface area contributed by atoms with E-state index in [1.165, 1.54) is 47.3 Å². The number of hydrogen-bond acceptors (Lipinski definition) is 1. The summed E-state index contributed by atoms with van der Waals surface area (Å²) in [5.74, 6) is 0. The highest BCUT2D eigenvalue weighted by Gasteiger charge is 2.32. The number of nitrogens with one attached hydrogen (secondary N) is 1. The van der Waals surface area contributed by atoms with Crippen LogP contribution in [0.3, 0.4) is 0 Å². The number of hydrogen-bond donors (Lipinski definition) is 1. The SMILES string of the molecule is CCCCc1ccc2c(c1)C(C)(C)c1ccccc1N2. The van der Waals surface area contributed by atoms with Crippen LogP contribution < -0.4 is 5.32 Å². The van der Waals surface area contributed by atoms with Crippen LogP contribution in [-0.2, 0) is 11.8 Å². The van der Waals surface area contributed by atoms with Gasteiger partial charge in [-0.05, 0) is 41.7 Å². The number of para-hydroxylation sites is 1. The van der Waals surface area contributed by atoms with Gasteiger partial charge in [0.05, 0.1) is 0 Å². The Morgan fingerprint density at radius 2 is 1.70 bits per heavy atom. The van der Waals surface area contributed by atoms with Gasteiger partial charge in [0.1, 0.15) is 0 Å². The van der Waals surface area contributed by atoms with E-state index in [-0.39, 0.29) is 5.41 Å². The molecule has 2 aromatic rings. The van der Waals surface area contributed by atoms with Crippen LogP contribution in [0.25, 0.3) is 0 Å². The zero-order valence-corrected chi connectivity index (χ0v) is 12.7. The van der Waals surface area contributed by atoms with Crippen LogP contribution in [0.4, 0.5) is 11.4 Å². The Labute approximate surface area is 122 Å². The van der Waals surface area contributed by atoms with Crippen molar-refractivity contribution in [2.75, 3.05) is 5.32 Å². The molecule has 0 aromatic heterocycles. The van der Waals surface area contributed by atoms with Gasteiger partial charge >= 0.3 is 0 Å². The summed E-state index contributed by atoms with van der Waals surface area (Å²) in [5, 5.41) is 3.58. The highest BCUT2D eigenvalue weighted by atomic mass is 14.9. The summed E-state index contributed by atoms with van der Waals surface area (Å²) in [6.45, 7) is 6.91. The molecule has 3 rings (SSSR count). The minimum Gasteiger partial charge on any atom is -0.355 e. The van der Waals surface area contributed by atoms with Crippen LogP contribution in [0.5, 0.6) is 0 Å². The fourth-order valence-electron chi connectivity index (χ4n) is 3.18. The maximum absolute atomic E-state index is 3.58. The Bertz CT molecular complexity index is 625. The molecule has 0 bridgehead atoms. The quantitative estimate of drug-likeness (QED) is 0.782. The average Bonchev–Trinajstić information content (AvgIpc) is 2.46. The predicted molar refractivity (Wildman–Crippen MR) is 86.9 cm³/mol. The van der Waals surface area contributed by atoms with E-state index in [2.05, 4.69) is 68.6 Å². The molecule has 1 aliphatic heterocycles. The molecule has 0 unspecified atom stereocenters. The van der Waals surface area contributed by atoms with Gasteiger partial charge in [0, 0.05) is 16.8 Å². The van der Waals surface area contributed by atoms with Gasteiger partial charge in [0.15, 0.2) is 0 Å². The highest BCUT2D eigenvalue weighted by Crippen LogP contribution is 2.45. The summed E-state index contributed by atoms with van der Waals surface area (Å²) < 4.78 is 0. The van der Waals surface area contributed by atoms with Gasteiger partial charge < -0.3 is 5.32 Å². The lowest BCUT2D eigenvalue weighted by atomic mass is 9.74. The molecule has 2 aromatic carbocycles. The highest BCUT2D eigenvalue weighted by molar-refractivity contribution is 5.75. The van der Waals surface area contributed by atoms with Gasteiger partial charge in [0.25, 0.3) is 0 Å². The van der Waals surface area contributed by atoms with Crippen LogP contribution >= 0.6 is 0 Å².